The Morgan fingerprint density at radius 3 is 2.75 bits per heavy atom. The lowest BCUT2D eigenvalue weighted by atomic mass is 10.1. The number of pyridine rings is 1. The summed E-state index contributed by atoms with van der Waals surface area (Å²) in [5.41, 5.74) is 0.505. The zero-order chi connectivity index (χ0) is 13.8. The number of nitrogens with one attached hydrogen (secondary N) is 3. The lowest BCUT2D eigenvalue weighted by Gasteiger charge is -2.10. The number of nitrogens with zero attached hydrogens (tertiary/aromatic N) is 1. The molecule has 1 saturated heterocycles. The van der Waals surface area contributed by atoms with E-state index in [1.807, 2.05) is 0 Å². The number of aryl methyl sites for hydroxylation is 1. The molecular formula is C12H15BrN4O2S. The summed E-state index contributed by atoms with van der Waals surface area (Å²) in [5, 5.41) is 15.2. The Kier molecular flexibility index (Phi) is 6.42. The summed E-state index contributed by atoms with van der Waals surface area (Å²) in [7, 11) is 0. The van der Waals surface area contributed by atoms with Crippen LogP contribution in [0.5, 0.6) is 0 Å². The van der Waals surface area contributed by atoms with Crippen molar-refractivity contribution >= 4 is 34.5 Å². The molecule has 6 nitrogen and oxygen atoms in total. The summed E-state index contributed by atoms with van der Waals surface area (Å²) in [4.78, 5) is 26.0. The van der Waals surface area contributed by atoms with Crippen LogP contribution in [0.4, 0.5) is 0 Å². The molecule has 3 N–H and O–H groups in total. The van der Waals surface area contributed by atoms with Gasteiger partial charge in [0.05, 0.1) is 5.75 Å². The van der Waals surface area contributed by atoms with Gasteiger partial charge in [0.1, 0.15) is 17.1 Å². The fourth-order valence-electron chi connectivity index (χ4n) is 1.83. The summed E-state index contributed by atoms with van der Waals surface area (Å²) < 4.78 is 0. The van der Waals surface area contributed by atoms with E-state index in [2.05, 4.69) is 15.6 Å². The number of aromatic nitrogens is 1. The number of carbonyl (C=O) groups excluding carboxylic acids is 1. The van der Waals surface area contributed by atoms with Gasteiger partial charge in [-0.3, -0.25) is 20.2 Å². The van der Waals surface area contributed by atoms with Gasteiger partial charge >= 0.3 is 0 Å². The van der Waals surface area contributed by atoms with Gasteiger partial charge in [0.25, 0.3) is 5.56 Å². The van der Waals surface area contributed by atoms with Crippen molar-refractivity contribution < 1.29 is 4.79 Å². The van der Waals surface area contributed by atoms with Crippen molar-refractivity contribution in [2.45, 2.75) is 12.4 Å². The van der Waals surface area contributed by atoms with Crippen LogP contribution in [0.15, 0.2) is 10.9 Å². The van der Waals surface area contributed by atoms with Crippen molar-refractivity contribution in [3.8, 4) is 6.07 Å². The van der Waals surface area contributed by atoms with Crippen molar-refractivity contribution in [1.29, 1.82) is 5.26 Å². The number of rotatable bonds is 4. The van der Waals surface area contributed by atoms with Crippen molar-refractivity contribution in [1.82, 2.24) is 15.6 Å². The van der Waals surface area contributed by atoms with Gasteiger partial charge in [-0.15, -0.1) is 28.7 Å². The molecule has 0 atom stereocenters. The highest BCUT2D eigenvalue weighted by Gasteiger charge is 2.17. The second kappa shape index (κ2) is 7.59. The fourth-order valence-corrected chi connectivity index (χ4v) is 2.77. The van der Waals surface area contributed by atoms with E-state index >= 15 is 0 Å². The SMILES string of the molecule is Br.Cc1[nH]c(=O)c(C#N)cc1C(=O)CSC1NCCN1. The average molecular weight is 359 g/mol. The summed E-state index contributed by atoms with van der Waals surface area (Å²) in [5.74, 6) is 0.202. The first kappa shape index (κ1) is 16.9. The minimum Gasteiger partial charge on any atom is -0.325 e. The Hall–Kier alpha value is -1.14. The van der Waals surface area contributed by atoms with Crippen LogP contribution in [0.1, 0.15) is 21.6 Å². The van der Waals surface area contributed by atoms with Crippen LogP contribution in [-0.2, 0) is 0 Å². The molecule has 0 amide bonds. The van der Waals surface area contributed by atoms with E-state index in [0.717, 1.165) is 13.1 Å². The third kappa shape index (κ3) is 3.93. The third-order valence-corrected chi connectivity index (χ3v) is 3.92. The van der Waals surface area contributed by atoms with E-state index < -0.39 is 5.56 Å². The highest BCUT2D eigenvalue weighted by molar-refractivity contribution is 8.93. The van der Waals surface area contributed by atoms with Crippen molar-refractivity contribution in [3.63, 3.8) is 0 Å². The van der Waals surface area contributed by atoms with Gasteiger partial charge in [0.2, 0.25) is 0 Å². The normalized spacial score (nSPS) is 14.6. The third-order valence-electron chi connectivity index (χ3n) is 2.82. The van der Waals surface area contributed by atoms with E-state index in [4.69, 9.17) is 5.26 Å². The number of ketones is 1. The van der Waals surface area contributed by atoms with Gasteiger partial charge in [-0.05, 0) is 13.0 Å². The minimum atomic E-state index is -0.455. The predicted octanol–water partition coefficient (Wildman–Crippen LogP) is 0.525. The van der Waals surface area contributed by atoms with Crippen LogP contribution in [0.25, 0.3) is 0 Å². The molecular weight excluding hydrogens is 344 g/mol. The Labute approximate surface area is 131 Å². The topological polar surface area (TPSA) is 97.8 Å². The molecule has 0 radical (unpaired) electrons. The molecule has 0 saturated carbocycles. The molecule has 1 aliphatic heterocycles. The highest BCUT2D eigenvalue weighted by Crippen LogP contribution is 2.13. The highest BCUT2D eigenvalue weighted by atomic mass is 79.9. The van der Waals surface area contributed by atoms with Gasteiger partial charge in [-0.1, -0.05) is 0 Å². The van der Waals surface area contributed by atoms with Gasteiger partial charge in [0, 0.05) is 24.3 Å². The number of hydrogen-bond acceptors (Lipinski definition) is 6. The number of H-pyrrole nitrogens is 1. The number of carbonyl (C=O) groups is 1. The second-order valence-corrected chi connectivity index (χ2v) is 5.28. The Morgan fingerprint density at radius 1 is 1.50 bits per heavy atom. The lowest BCUT2D eigenvalue weighted by Crippen LogP contribution is -2.28. The van der Waals surface area contributed by atoms with Gasteiger partial charge in [0.15, 0.2) is 5.78 Å². The second-order valence-electron chi connectivity index (χ2n) is 4.19. The van der Waals surface area contributed by atoms with Crippen molar-refractivity contribution in [3.05, 3.63) is 33.2 Å². The number of thioether (sulfide) groups is 1. The monoisotopic (exact) mass is 358 g/mol. The molecule has 1 aromatic rings. The zero-order valence-corrected chi connectivity index (χ0v) is 13.4. The summed E-state index contributed by atoms with van der Waals surface area (Å²) in [6, 6.07) is 3.16. The Morgan fingerprint density at radius 2 is 2.15 bits per heavy atom. The smallest absolute Gasteiger partial charge is 0.266 e. The standard InChI is InChI=1S/C12H14N4O2S.BrH/c1-7-9(4-8(5-13)11(18)16-7)10(17)6-19-12-14-2-3-15-12;/h4,12,14-15H,2-3,6H2,1H3,(H,16,18);1H. The number of nitriles is 1. The summed E-state index contributed by atoms with van der Waals surface area (Å²) >= 11 is 1.47. The van der Waals surface area contributed by atoms with Crippen LogP contribution < -0.4 is 16.2 Å². The molecule has 0 bridgehead atoms. The van der Waals surface area contributed by atoms with Crippen LogP contribution >= 0.6 is 28.7 Å². The average Bonchev–Trinajstić information content (AvgIpc) is 2.89. The zero-order valence-electron chi connectivity index (χ0n) is 10.9. The minimum absolute atomic E-state index is 0. The number of halogens is 1. The molecule has 0 aromatic carbocycles. The lowest BCUT2D eigenvalue weighted by molar-refractivity contribution is 0.102. The Balaban J connectivity index is 0.00000200. The maximum atomic E-state index is 12.1. The first-order valence-electron chi connectivity index (χ1n) is 5.87. The van der Waals surface area contributed by atoms with Crippen LogP contribution in [-0.4, -0.2) is 35.1 Å². The molecule has 1 aliphatic rings. The predicted molar refractivity (Wildman–Crippen MR) is 83.4 cm³/mol. The molecule has 8 heteroatoms. The first-order chi connectivity index (χ1) is 9.11. The van der Waals surface area contributed by atoms with Crippen LogP contribution in [0.2, 0.25) is 0 Å². The van der Waals surface area contributed by atoms with Gasteiger partial charge < -0.3 is 4.98 Å². The Bertz CT molecular complexity index is 590. The molecule has 2 heterocycles. The van der Waals surface area contributed by atoms with Crippen molar-refractivity contribution in [2.75, 3.05) is 18.8 Å². The number of hydrogen-bond donors (Lipinski definition) is 3. The molecule has 0 spiro atoms. The van der Waals surface area contributed by atoms with E-state index in [1.54, 1.807) is 13.0 Å². The van der Waals surface area contributed by atoms with Gasteiger partial charge in [-0.25, -0.2) is 0 Å². The molecule has 1 aromatic heterocycles. The molecule has 0 unspecified atom stereocenters. The number of Topliss-reactive ketones (excluding diaryl/α,β-unsaturated/α-hetero) is 1. The summed E-state index contributed by atoms with van der Waals surface area (Å²) in [6.07, 6.45) is 0. The molecule has 108 valence electrons. The molecule has 2 rings (SSSR count). The maximum Gasteiger partial charge on any atom is 0.266 e. The van der Waals surface area contributed by atoms with E-state index in [9.17, 15) is 9.59 Å². The number of aromatic amines is 1. The molecule has 1 fully saturated rings. The molecule has 20 heavy (non-hydrogen) atoms. The quantitative estimate of drug-likeness (QED) is 0.679. The maximum absolute atomic E-state index is 12.1. The first-order valence-corrected chi connectivity index (χ1v) is 6.92. The largest absolute Gasteiger partial charge is 0.325 e. The molecule has 0 aliphatic carbocycles. The van der Waals surface area contributed by atoms with Crippen molar-refractivity contribution in [2.24, 2.45) is 0 Å². The fraction of sp³-hybridized carbons (Fsp3) is 0.417. The van der Waals surface area contributed by atoms with Gasteiger partial charge in [-0.2, -0.15) is 5.26 Å². The van der Waals surface area contributed by atoms with E-state index in [1.165, 1.54) is 17.8 Å². The van der Waals surface area contributed by atoms with Crippen LogP contribution in [0.3, 0.4) is 0 Å². The summed E-state index contributed by atoms with van der Waals surface area (Å²) in [6.45, 7) is 3.44. The van der Waals surface area contributed by atoms with Crippen LogP contribution in [0, 0.1) is 18.3 Å². The van der Waals surface area contributed by atoms with E-state index in [0.29, 0.717) is 17.0 Å². The van der Waals surface area contributed by atoms with E-state index in [-0.39, 0.29) is 33.8 Å².